The van der Waals surface area contributed by atoms with Gasteiger partial charge >= 0.3 is 0 Å². The fourth-order valence-electron chi connectivity index (χ4n) is 2.23. The maximum absolute atomic E-state index is 13.7. The zero-order valence-corrected chi connectivity index (χ0v) is 13.7. The molecule has 1 N–H and O–H groups in total. The number of anilines is 1. The summed E-state index contributed by atoms with van der Waals surface area (Å²) in [5.74, 6) is -6.36. The quantitative estimate of drug-likeness (QED) is 0.536. The summed E-state index contributed by atoms with van der Waals surface area (Å²) in [5.41, 5.74) is -0.477. The molecule has 0 aliphatic rings. The minimum Gasteiger partial charge on any atom is -0.305 e. The van der Waals surface area contributed by atoms with E-state index in [0.717, 1.165) is 4.68 Å². The Labute approximate surface area is 150 Å². The second-order valence-corrected chi connectivity index (χ2v) is 5.74. The van der Waals surface area contributed by atoms with E-state index in [0.29, 0.717) is 10.6 Å². The van der Waals surface area contributed by atoms with E-state index in [9.17, 15) is 22.4 Å². The molecule has 3 rings (SSSR count). The second kappa shape index (κ2) is 7.17. The lowest BCUT2D eigenvalue weighted by Gasteiger charge is -2.07. The van der Waals surface area contributed by atoms with Crippen LogP contribution in [0.2, 0.25) is 5.02 Å². The number of hydrogen-bond acceptors (Lipinski definition) is 2. The Bertz CT molecular complexity index is 947. The molecule has 1 amide bonds. The van der Waals surface area contributed by atoms with Gasteiger partial charge in [0.2, 0.25) is 0 Å². The Kier molecular flexibility index (Phi) is 4.94. The van der Waals surface area contributed by atoms with Crippen molar-refractivity contribution in [1.82, 2.24) is 9.78 Å². The SMILES string of the molecule is O=C(Nc1ccn(Cc2c(F)c(F)cc(F)c2F)n1)c1ccc(Cl)cc1. The average molecular weight is 384 g/mol. The average Bonchev–Trinajstić information content (AvgIpc) is 3.04. The zero-order valence-electron chi connectivity index (χ0n) is 12.9. The highest BCUT2D eigenvalue weighted by molar-refractivity contribution is 6.30. The molecular weight excluding hydrogens is 374 g/mol. The van der Waals surface area contributed by atoms with Gasteiger partial charge < -0.3 is 5.32 Å². The Morgan fingerprint density at radius 1 is 1.04 bits per heavy atom. The number of nitrogens with one attached hydrogen (secondary N) is 1. The molecule has 4 nitrogen and oxygen atoms in total. The predicted octanol–water partition coefficient (Wildman–Crippen LogP) is 4.39. The third kappa shape index (κ3) is 3.70. The van der Waals surface area contributed by atoms with Crippen molar-refractivity contribution in [2.24, 2.45) is 0 Å². The zero-order chi connectivity index (χ0) is 18.8. The lowest BCUT2D eigenvalue weighted by molar-refractivity contribution is 0.102. The summed E-state index contributed by atoms with van der Waals surface area (Å²) in [4.78, 5) is 12.1. The van der Waals surface area contributed by atoms with Crippen LogP contribution >= 0.6 is 11.6 Å². The summed E-state index contributed by atoms with van der Waals surface area (Å²) in [6.07, 6.45) is 1.30. The molecule has 3 aromatic rings. The molecular formula is C17H10ClF4N3O. The summed E-state index contributed by atoms with van der Waals surface area (Å²) in [7, 11) is 0. The first kappa shape index (κ1) is 17.9. The number of rotatable bonds is 4. The van der Waals surface area contributed by atoms with Crippen molar-refractivity contribution in [2.45, 2.75) is 6.54 Å². The van der Waals surface area contributed by atoms with Crippen LogP contribution in [0.4, 0.5) is 23.4 Å². The van der Waals surface area contributed by atoms with Crippen LogP contribution in [-0.2, 0) is 6.54 Å². The predicted molar refractivity (Wildman–Crippen MR) is 87.0 cm³/mol. The van der Waals surface area contributed by atoms with E-state index in [1.807, 2.05) is 0 Å². The van der Waals surface area contributed by atoms with Crippen LogP contribution in [0.5, 0.6) is 0 Å². The largest absolute Gasteiger partial charge is 0.305 e. The van der Waals surface area contributed by atoms with Gasteiger partial charge in [-0.25, -0.2) is 17.6 Å². The monoisotopic (exact) mass is 383 g/mol. The van der Waals surface area contributed by atoms with Gasteiger partial charge in [0.15, 0.2) is 29.1 Å². The number of halogens is 5. The van der Waals surface area contributed by atoms with Gasteiger partial charge in [-0.15, -0.1) is 0 Å². The van der Waals surface area contributed by atoms with E-state index in [1.54, 1.807) is 12.1 Å². The number of carbonyl (C=O) groups excluding carboxylic acids is 1. The van der Waals surface area contributed by atoms with Crippen LogP contribution in [0.15, 0.2) is 42.6 Å². The van der Waals surface area contributed by atoms with Crippen LogP contribution in [0.1, 0.15) is 15.9 Å². The molecule has 0 unspecified atom stereocenters. The molecule has 0 spiro atoms. The van der Waals surface area contributed by atoms with Crippen LogP contribution < -0.4 is 5.32 Å². The molecule has 1 heterocycles. The highest BCUT2D eigenvalue weighted by Crippen LogP contribution is 2.20. The third-order valence-electron chi connectivity index (χ3n) is 3.51. The number of benzene rings is 2. The van der Waals surface area contributed by atoms with Crippen LogP contribution in [0.25, 0.3) is 0 Å². The minimum absolute atomic E-state index is 0.0997. The molecule has 0 bridgehead atoms. The summed E-state index contributed by atoms with van der Waals surface area (Å²) in [6, 6.07) is 7.61. The second-order valence-electron chi connectivity index (χ2n) is 5.31. The van der Waals surface area contributed by atoms with Gasteiger partial charge in [0.05, 0.1) is 12.1 Å². The molecule has 0 aliphatic carbocycles. The Balaban J connectivity index is 1.77. The molecule has 26 heavy (non-hydrogen) atoms. The van der Waals surface area contributed by atoms with E-state index in [2.05, 4.69) is 10.4 Å². The molecule has 2 aromatic carbocycles. The maximum atomic E-state index is 13.7. The fourth-order valence-corrected chi connectivity index (χ4v) is 2.36. The molecule has 0 fully saturated rings. The van der Waals surface area contributed by atoms with Gasteiger partial charge in [0.1, 0.15) is 0 Å². The van der Waals surface area contributed by atoms with Crippen molar-refractivity contribution in [2.75, 3.05) is 5.32 Å². The number of hydrogen-bond donors (Lipinski definition) is 1. The Hall–Kier alpha value is -2.87. The first-order valence-electron chi connectivity index (χ1n) is 7.27. The highest BCUT2D eigenvalue weighted by Gasteiger charge is 2.19. The van der Waals surface area contributed by atoms with Crippen LogP contribution in [0, 0.1) is 23.3 Å². The minimum atomic E-state index is -1.50. The van der Waals surface area contributed by atoms with Crippen molar-refractivity contribution in [3.63, 3.8) is 0 Å². The van der Waals surface area contributed by atoms with Crippen molar-refractivity contribution in [3.8, 4) is 0 Å². The highest BCUT2D eigenvalue weighted by atomic mass is 35.5. The Morgan fingerprint density at radius 3 is 2.27 bits per heavy atom. The van der Waals surface area contributed by atoms with Gasteiger partial charge in [-0.1, -0.05) is 11.6 Å². The van der Waals surface area contributed by atoms with Gasteiger partial charge in [-0.05, 0) is 24.3 Å². The molecule has 0 radical (unpaired) electrons. The molecule has 0 aliphatic heterocycles. The summed E-state index contributed by atoms with van der Waals surface area (Å²) < 4.78 is 54.9. The van der Waals surface area contributed by atoms with Crippen molar-refractivity contribution < 1.29 is 22.4 Å². The summed E-state index contributed by atoms with van der Waals surface area (Å²) in [5, 5.41) is 6.87. The molecule has 0 saturated carbocycles. The van der Waals surface area contributed by atoms with E-state index >= 15 is 0 Å². The van der Waals surface area contributed by atoms with E-state index < -0.39 is 41.3 Å². The molecule has 134 valence electrons. The summed E-state index contributed by atoms with van der Waals surface area (Å²) >= 11 is 5.74. The standard InChI is InChI=1S/C17H10ClF4N3O/c18-10-3-1-9(2-4-10)17(26)23-14-5-6-25(24-14)8-11-15(21)12(19)7-13(20)16(11)22/h1-7H,8H2,(H,23,24,26). The fraction of sp³-hybridized carbons (Fsp3) is 0.0588. The van der Waals surface area contributed by atoms with Gasteiger partial charge in [0.25, 0.3) is 5.91 Å². The van der Waals surface area contributed by atoms with E-state index in [1.165, 1.54) is 24.4 Å². The number of aromatic nitrogens is 2. The topological polar surface area (TPSA) is 46.9 Å². The van der Waals surface area contributed by atoms with Crippen molar-refractivity contribution in [1.29, 1.82) is 0 Å². The molecule has 0 atom stereocenters. The van der Waals surface area contributed by atoms with Crippen molar-refractivity contribution in [3.05, 3.63) is 82.0 Å². The van der Waals surface area contributed by atoms with Crippen molar-refractivity contribution >= 4 is 23.3 Å². The van der Waals surface area contributed by atoms with E-state index in [-0.39, 0.29) is 11.9 Å². The van der Waals surface area contributed by atoms with E-state index in [4.69, 9.17) is 11.6 Å². The summed E-state index contributed by atoms with van der Waals surface area (Å²) in [6.45, 7) is -0.552. The number of nitrogens with zero attached hydrogens (tertiary/aromatic N) is 2. The van der Waals surface area contributed by atoms with Gasteiger partial charge in [0, 0.05) is 28.9 Å². The first-order chi connectivity index (χ1) is 12.3. The van der Waals surface area contributed by atoms with Crippen LogP contribution in [-0.4, -0.2) is 15.7 Å². The normalized spacial score (nSPS) is 10.8. The Morgan fingerprint density at radius 2 is 1.65 bits per heavy atom. The number of amides is 1. The first-order valence-corrected chi connectivity index (χ1v) is 7.65. The lowest BCUT2D eigenvalue weighted by atomic mass is 10.2. The molecule has 0 saturated heterocycles. The smallest absolute Gasteiger partial charge is 0.256 e. The third-order valence-corrected chi connectivity index (χ3v) is 3.76. The van der Waals surface area contributed by atoms with Gasteiger partial charge in [-0.3, -0.25) is 9.48 Å². The maximum Gasteiger partial charge on any atom is 0.256 e. The van der Waals surface area contributed by atoms with Crippen LogP contribution in [0.3, 0.4) is 0 Å². The number of carbonyl (C=O) groups is 1. The molecule has 9 heteroatoms. The molecule has 1 aromatic heterocycles. The lowest BCUT2D eigenvalue weighted by Crippen LogP contribution is -2.13. The van der Waals surface area contributed by atoms with Gasteiger partial charge in [-0.2, -0.15) is 5.10 Å².